The second kappa shape index (κ2) is 10.9. The van der Waals surface area contributed by atoms with Gasteiger partial charge in [-0.15, -0.1) is 0 Å². The monoisotopic (exact) mass is 487 g/mol. The van der Waals surface area contributed by atoms with E-state index in [4.69, 9.17) is 16.6 Å². The Hall–Kier alpha value is -3.44. The summed E-state index contributed by atoms with van der Waals surface area (Å²) in [6.45, 7) is 6.81. The fourth-order valence-electron chi connectivity index (χ4n) is 4.21. The average molecular weight is 488 g/mol. The maximum Gasteiger partial charge on any atom is 0.266 e. The molecular weight excluding hydrogens is 458 g/mol. The van der Waals surface area contributed by atoms with E-state index in [0.717, 1.165) is 12.0 Å². The summed E-state index contributed by atoms with van der Waals surface area (Å²) in [5, 5.41) is 1.12. The van der Waals surface area contributed by atoms with Crippen LogP contribution in [0.15, 0.2) is 83.7 Å². The number of aromatic nitrogens is 2. The molecule has 0 radical (unpaired) electrons. The fraction of sp³-hybridized carbons (Fsp3) is 0.276. The molecule has 180 valence electrons. The first-order valence-electron chi connectivity index (χ1n) is 12.0. The van der Waals surface area contributed by atoms with Crippen molar-refractivity contribution >= 4 is 28.4 Å². The van der Waals surface area contributed by atoms with Gasteiger partial charge in [-0.25, -0.2) is 4.98 Å². The molecule has 6 heteroatoms. The van der Waals surface area contributed by atoms with Gasteiger partial charge in [0.15, 0.2) is 0 Å². The highest BCUT2D eigenvalue weighted by molar-refractivity contribution is 6.30. The summed E-state index contributed by atoms with van der Waals surface area (Å²) < 4.78 is 1.61. The summed E-state index contributed by atoms with van der Waals surface area (Å²) in [5.74, 6) is 0.966. The molecule has 35 heavy (non-hydrogen) atoms. The van der Waals surface area contributed by atoms with Crippen molar-refractivity contribution in [2.24, 2.45) is 5.92 Å². The normalized spacial score (nSPS) is 12.1. The van der Waals surface area contributed by atoms with Gasteiger partial charge in [0.05, 0.1) is 29.1 Å². The third-order valence-corrected chi connectivity index (χ3v) is 6.45. The number of carbonyl (C=O) groups is 1. The SMILES string of the molecule is CC(C)CCN(C(=O)Cc1ccccc1)C(C)c1nc2ccccc2c(=O)n1-c1ccc(Cl)cc1. The molecule has 5 nitrogen and oxygen atoms in total. The predicted octanol–water partition coefficient (Wildman–Crippen LogP) is 6.22. The van der Waals surface area contributed by atoms with Crippen molar-refractivity contribution in [1.29, 1.82) is 0 Å². The second-order valence-electron chi connectivity index (χ2n) is 9.21. The molecule has 1 unspecified atom stereocenters. The van der Waals surface area contributed by atoms with Gasteiger partial charge in [0.1, 0.15) is 5.82 Å². The van der Waals surface area contributed by atoms with Crippen LogP contribution in [-0.4, -0.2) is 26.9 Å². The predicted molar refractivity (Wildman–Crippen MR) is 142 cm³/mol. The number of fused-ring (bicyclic) bond motifs is 1. The lowest BCUT2D eigenvalue weighted by molar-refractivity contribution is -0.133. The van der Waals surface area contributed by atoms with E-state index in [9.17, 15) is 9.59 Å². The van der Waals surface area contributed by atoms with Crippen LogP contribution >= 0.6 is 11.6 Å². The summed E-state index contributed by atoms with van der Waals surface area (Å²) in [7, 11) is 0. The van der Waals surface area contributed by atoms with Crippen molar-refractivity contribution in [1.82, 2.24) is 14.5 Å². The quantitative estimate of drug-likeness (QED) is 0.296. The Balaban J connectivity index is 1.83. The molecule has 0 saturated carbocycles. The fourth-order valence-corrected chi connectivity index (χ4v) is 4.34. The summed E-state index contributed by atoms with van der Waals surface area (Å²) in [5.41, 5.74) is 2.07. The zero-order valence-corrected chi connectivity index (χ0v) is 21.1. The molecule has 0 N–H and O–H groups in total. The Bertz CT molecular complexity index is 1360. The second-order valence-corrected chi connectivity index (χ2v) is 9.65. The van der Waals surface area contributed by atoms with Crippen LogP contribution < -0.4 is 5.56 Å². The molecule has 0 spiro atoms. The Kier molecular flexibility index (Phi) is 7.67. The van der Waals surface area contributed by atoms with Crippen molar-refractivity contribution in [2.45, 2.75) is 39.7 Å². The molecule has 3 aromatic carbocycles. The van der Waals surface area contributed by atoms with Gasteiger partial charge in [-0.1, -0.05) is 67.9 Å². The number of amides is 1. The standard InChI is InChI=1S/C29H30ClN3O2/c1-20(2)17-18-32(27(34)19-22-9-5-4-6-10-22)21(3)28-31-26-12-8-7-11-25(26)29(35)33(28)24-15-13-23(30)14-16-24/h4-16,20-21H,17-19H2,1-3H3. The van der Waals surface area contributed by atoms with Crippen LogP contribution in [0.5, 0.6) is 0 Å². The molecule has 0 bridgehead atoms. The van der Waals surface area contributed by atoms with Gasteiger partial charge >= 0.3 is 0 Å². The smallest absolute Gasteiger partial charge is 0.266 e. The molecule has 4 aromatic rings. The van der Waals surface area contributed by atoms with Crippen LogP contribution in [0.1, 0.15) is 44.6 Å². The number of carbonyl (C=O) groups excluding carboxylic acids is 1. The highest BCUT2D eigenvalue weighted by Gasteiger charge is 2.27. The Morgan fingerprint density at radius 3 is 2.29 bits per heavy atom. The maximum absolute atomic E-state index is 13.7. The topological polar surface area (TPSA) is 55.2 Å². The Morgan fingerprint density at radius 1 is 0.943 bits per heavy atom. The molecule has 1 atom stereocenters. The lowest BCUT2D eigenvalue weighted by atomic mass is 10.1. The van der Waals surface area contributed by atoms with Crippen LogP contribution in [0, 0.1) is 5.92 Å². The van der Waals surface area contributed by atoms with E-state index in [0.29, 0.717) is 46.3 Å². The van der Waals surface area contributed by atoms with Gasteiger partial charge in [0.2, 0.25) is 5.91 Å². The maximum atomic E-state index is 13.7. The third kappa shape index (κ3) is 5.63. The molecular formula is C29H30ClN3O2. The number of hydrogen-bond acceptors (Lipinski definition) is 3. The van der Waals surface area contributed by atoms with Crippen molar-refractivity contribution in [3.05, 3.63) is 106 Å². The summed E-state index contributed by atoms with van der Waals surface area (Å²) in [6, 6.07) is 23.8. The Labute approximate surface area is 211 Å². The van der Waals surface area contributed by atoms with Gasteiger partial charge in [-0.05, 0) is 61.2 Å². The van der Waals surface area contributed by atoms with E-state index in [2.05, 4.69) is 13.8 Å². The van der Waals surface area contributed by atoms with Crippen molar-refractivity contribution in [3.63, 3.8) is 0 Å². The first-order valence-corrected chi connectivity index (χ1v) is 12.3. The third-order valence-electron chi connectivity index (χ3n) is 6.19. The first kappa shape index (κ1) is 24.7. The van der Waals surface area contributed by atoms with E-state index in [1.54, 1.807) is 34.9 Å². The highest BCUT2D eigenvalue weighted by Crippen LogP contribution is 2.25. The van der Waals surface area contributed by atoms with E-state index < -0.39 is 6.04 Å². The minimum Gasteiger partial charge on any atom is -0.332 e. The van der Waals surface area contributed by atoms with Gasteiger partial charge < -0.3 is 4.90 Å². The summed E-state index contributed by atoms with van der Waals surface area (Å²) in [6.07, 6.45) is 1.14. The lowest BCUT2D eigenvalue weighted by Gasteiger charge is -2.31. The van der Waals surface area contributed by atoms with Crippen LogP contribution in [0.25, 0.3) is 16.6 Å². The molecule has 4 rings (SSSR count). The number of para-hydroxylation sites is 1. The minimum absolute atomic E-state index is 0.00872. The molecule has 0 aliphatic carbocycles. The molecule has 1 aromatic heterocycles. The van der Waals surface area contributed by atoms with E-state index >= 15 is 0 Å². The van der Waals surface area contributed by atoms with Crippen molar-refractivity contribution < 1.29 is 4.79 Å². The largest absolute Gasteiger partial charge is 0.332 e. The molecule has 0 aliphatic rings. The average Bonchev–Trinajstić information content (AvgIpc) is 2.85. The van der Waals surface area contributed by atoms with Gasteiger partial charge in [-0.3, -0.25) is 14.2 Å². The molecule has 0 saturated heterocycles. The van der Waals surface area contributed by atoms with E-state index in [1.807, 2.05) is 60.4 Å². The van der Waals surface area contributed by atoms with Crippen molar-refractivity contribution in [2.75, 3.05) is 6.54 Å². The van der Waals surface area contributed by atoms with Crippen LogP contribution in [-0.2, 0) is 11.2 Å². The van der Waals surface area contributed by atoms with Crippen LogP contribution in [0.3, 0.4) is 0 Å². The molecule has 1 heterocycles. The zero-order chi connectivity index (χ0) is 24.9. The summed E-state index contributed by atoms with van der Waals surface area (Å²) in [4.78, 5) is 34.0. The number of nitrogens with zero attached hydrogens (tertiary/aromatic N) is 3. The zero-order valence-electron chi connectivity index (χ0n) is 20.3. The first-order chi connectivity index (χ1) is 16.8. The van der Waals surface area contributed by atoms with E-state index in [1.165, 1.54) is 0 Å². The summed E-state index contributed by atoms with van der Waals surface area (Å²) >= 11 is 6.12. The van der Waals surface area contributed by atoms with E-state index in [-0.39, 0.29) is 11.5 Å². The molecule has 0 aliphatic heterocycles. The molecule has 1 amide bonds. The lowest BCUT2D eigenvalue weighted by Crippen LogP contribution is -2.39. The number of hydrogen-bond donors (Lipinski definition) is 0. The van der Waals surface area contributed by atoms with Gasteiger partial charge in [0, 0.05) is 11.6 Å². The van der Waals surface area contributed by atoms with Crippen LogP contribution in [0.4, 0.5) is 0 Å². The van der Waals surface area contributed by atoms with Gasteiger partial charge in [-0.2, -0.15) is 0 Å². The number of benzene rings is 3. The van der Waals surface area contributed by atoms with Crippen LogP contribution in [0.2, 0.25) is 5.02 Å². The van der Waals surface area contributed by atoms with Crippen molar-refractivity contribution in [3.8, 4) is 5.69 Å². The Morgan fingerprint density at radius 2 is 1.60 bits per heavy atom. The number of rotatable bonds is 8. The minimum atomic E-state index is -0.419. The highest BCUT2D eigenvalue weighted by atomic mass is 35.5. The molecule has 0 fully saturated rings. The van der Waals surface area contributed by atoms with Gasteiger partial charge in [0.25, 0.3) is 5.56 Å². The number of halogens is 1.